The molecule has 0 saturated carbocycles. The Bertz CT molecular complexity index is 709. The standard InChI is InChI=1S/C16H20N2O2S2/c1-22(19,20)15-6-4-13(5-7-15)11-18-9-2-3-14(12-18)16-17-8-10-21-16/h4-8,10,14H,2-3,9,11-12H2,1H3/t14-/m1/s1. The van der Waals surface area contributed by atoms with Gasteiger partial charge in [0.25, 0.3) is 0 Å². The van der Waals surface area contributed by atoms with Crippen molar-refractivity contribution in [3.05, 3.63) is 46.4 Å². The number of aromatic nitrogens is 1. The zero-order valence-corrected chi connectivity index (χ0v) is 14.2. The van der Waals surface area contributed by atoms with Crippen LogP contribution in [0.1, 0.15) is 29.3 Å². The number of piperidine rings is 1. The molecule has 0 amide bonds. The van der Waals surface area contributed by atoms with Gasteiger partial charge in [0, 0.05) is 36.8 Å². The van der Waals surface area contributed by atoms with E-state index in [-0.39, 0.29) is 0 Å². The lowest BCUT2D eigenvalue weighted by Gasteiger charge is -2.31. The van der Waals surface area contributed by atoms with Gasteiger partial charge in [0.05, 0.1) is 9.90 Å². The van der Waals surface area contributed by atoms with Gasteiger partial charge in [-0.2, -0.15) is 0 Å². The van der Waals surface area contributed by atoms with Crippen LogP contribution in [0, 0.1) is 0 Å². The Hall–Kier alpha value is -1.24. The molecule has 4 nitrogen and oxygen atoms in total. The summed E-state index contributed by atoms with van der Waals surface area (Å²) in [4.78, 5) is 7.27. The first-order chi connectivity index (χ1) is 10.5. The Morgan fingerprint density at radius 3 is 2.73 bits per heavy atom. The molecule has 0 aliphatic carbocycles. The van der Waals surface area contributed by atoms with Crippen molar-refractivity contribution in [2.45, 2.75) is 30.2 Å². The summed E-state index contributed by atoms with van der Waals surface area (Å²) in [5, 5.41) is 3.27. The molecular formula is C16H20N2O2S2. The molecule has 0 unspecified atom stereocenters. The lowest BCUT2D eigenvalue weighted by molar-refractivity contribution is 0.200. The highest BCUT2D eigenvalue weighted by molar-refractivity contribution is 7.90. The monoisotopic (exact) mass is 336 g/mol. The molecule has 22 heavy (non-hydrogen) atoms. The third-order valence-corrected chi connectivity index (χ3v) is 6.13. The molecule has 1 fully saturated rings. The molecule has 0 radical (unpaired) electrons. The van der Waals surface area contributed by atoms with Crippen LogP contribution in [-0.2, 0) is 16.4 Å². The number of rotatable bonds is 4. The smallest absolute Gasteiger partial charge is 0.175 e. The fourth-order valence-electron chi connectivity index (χ4n) is 2.94. The number of benzene rings is 1. The highest BCUT2D eigenvalue weighted by Crippen LogP contribution is 2.29. The Kier molecular flexibility index (Phi) is 4.61. The van der Waals surface area contributed by atoms with Crippen LogP contribution in [0.25, 0.3) is 0 Å². The van der Waals surface area contributed by atoms with Crippen LogP contribution in [0.5, 0.6) is 0 Å². The second-order valence-corrected chi connectivity index (χ2v) is 8.80. The highest BCUT2D eigenvalue weighted by atomic mass is 32.2. The molecule has 1 aliphatic heterocycles. The molecule has 1 saturated heterocycles. The fourth-order valence-corrected chi connectivity index (χ4v) is 4.34. The number of sulfone groups is 1. The van der Waals surface area contributed by atoms with Crippen molar-refractivity contribution >= 4 is 21.2 Å². The summed E-state index contributed by atoms with van der Waals surface area (Å²) >= 11 is 1.74. The average Bonchev–Trinajstić information content (AvgIpc) is 3.01. The summed E-state index contributed by atoms with van der Waals surface area (Å²) in [5.41, 5.74) is 1.16. The minimum Gasteiger partial charge on any atom is -0.298 e. The van der Waals surface area contributed by atoms with E-state index >= 15 is 0 Å². The number of hydrogen-bond donors (Lipinski definition) is 0. The third kappa shape index (κ3) is 3.74. The zero-order chi connectivity index (χ0) is 15.6. The van der Waals surface area contributed by atoms with Crippen molar-refractivity contribution in [3.63, 3.8) is 0 Å². The van der Waals surface area contributed by atoms with E-state index in [1.165, 1.54) is 24.1 Å². The summed E-state index contributed by atoms with van der Waals surface area (Å²) in [5.74, 6) is 0.532. The van der Waals surface area contributed by atoms with Gasteiger partial charge < -0.3 is 0 Å². The van der Waals surface area contributed by atoms with Gasteiger partial charge >= 0.3 is 0 Å². The van der Waals surface area contributed by atoms with E-state index in [0.717, 1.165) is 25.2 Å². The molecule has 0 bridgehead atoms. The molecule has 2 aromatic rings. The van der Waals surface area contributed by atoms with E-state index in [1.807, 2.05) is 23.7 Å². The van der Waals surface area contributed by atoms with E-state index in [2.05, 4.69) is 9.88 Å². The lowest BCUT2D eigenvalue weighted by atomic mass is 9.98. The van der Waals surface area contributed by atoms with Crippen molar-refractivity contribution in [2.75, 3.05) is 19.3 Å². The van der Waals surface area contributed by atoms with Crippen LogP contribution in [-0.4, -0.2) is 37.6 Å². The number of likely N-dealkylation sites (tertiary alicyclic amines) is 1. The fraction of sp³-hybridized carbons (Fsp3) is 0.438. The van der Waals surface area contributed by atoms with Gasteiger partial charge in [-0.15, -0.1) is 11.3 Å². The second kappa shape index (κ2) is 6.48. The predicted molar refractivity (Wildman–Crippen MR) is 88.9 cm³/mol. The Morgan fingerprint density at radius 2 is 2.09 bits per heavy atom. The SMILES string of the molecule is CS(=O)(=O)c1ccc(CN2CCC[C@@H](c3nccs3)C2)cc1. The van der Waals surface area contributed by atoms with Gasteiger partial charge in [-0.1, -0.05) is 12.1 Å². The second-order valence-electron chi connectivity index (χ2n) is 5.86. The van der Waals surface area contributed by atoms with Crippen LogP contribution >= 0.6 is 11.3 Å². The van der Waals surface area contributed by atoms with Crippen LogP contribution in [0.2, 0.25) is 0 Å². The van der Waals surface area contributed by atoms with Crippen molar-refractivity contribution in [3.8, 4) is 0 Å². The van der Waals surface area contributed by atoms with E-state index in [9.17, 15) is 8.42 Å². The number of hydrogen-bond acceptors (Lipinski definition) is 5. The van der Waals surface area contributed by atoms with Gasteiger partial charge in [-0.3, -0.25) is 4.90 Å². The first kappa shape index (κ1) is 15.6. The average molecular weight is 336 g/mol. The van der Waals surface area contributed by atoms with Crippen molar-refractivity contribution in [1.29, 1.82) is 0 Å². The molecular weight excluding hydrogens is 316 g/mol. The molecule has 118 valence electrons. The first-order valence-corrected chi connectivity index (χ1v) is 10.2. The summed E-state index contributed by atoms with van der Waals surface area (Å²) in [6.07, 6.45) is 5.51. The molecule has 1 aromatic heterocycles. The summed E-state index contributed by atoms with van der Waals surface area (Å²) in [7, 11) is -3.11. The van der Waals surface area contributed by atoms with Crippen molar-refractivity contribution in [1.82, 2.24) is 9.88 Å². The van der Waals surface area contributed by atoms with Crippen molar-refractivity contribution < 1.29 is 8.42 Å². The maximum atomic E-state index is 11.5. The Labute approximate surface area is 135 Å². The minimum absolute atomic E-state index is 0.385. The number of thiazole rings is 1. The van der Waals surface area contributed by atoms with E-state index in [4.69, 9.17) is 0 Å². The topological polar surface area (TPSA) is 50.3 Å². The van der Waals surface area contributed by atoms with Gasteiger partial charge in [0.2, 0.25) is 0 Å². The quantitative estimate of drug-likeness (QED) is 0.861. The molecule has 1 atom stereocenters. The molecule has 1 aromatic carbocycles. The summed E-state index contributed by atoms with van der Waals surface area (Å²) < 4.78 is 23.0. The van der Waals surface area contributed by atoms with E-state index < -0.39 is 9.84 Å². The maximum Gasteiger partial charge on any atom is 0.175 e. The summed E-state index contributed by atoms with van der Waals surface area (Å²) in [6.45, 7) is 2.99. The predicted octanol–water partition coefficient (Wildman–Crippen LogP) is 2.93. The molecule has 3 rings (SSSR count). The summed E-state index contributed by atoms with van der Waals surface area (Å²) in [6, 6.07) is 7.24. The highest BCUT2D eigenvalue weighted by Gasteiger charge is 2.23. The lowest BCUT2D eigenvalue weighted by Crippen LogP contribution is -2.33. The van der Waals surface area contributed by atoms with Crippen LogP contribution < -0.4 is 0 Å². The van der Waals surface area contributed by atoms with Crippen LogP contribution in [0.4, 0.5) is 0 Å². The molecule has 2 heterocycles. The maximum absolute atomic E-state index is 11.5. The van der Waals surface area contributed by atoms with E-state index in [1.54, 1.807) is 23.5 Å². The van der Waals surface area contributed by atoms with Gasteiger partial charge in [-0.05, 0) is 37.1 Å². The Morgan fingerprint density at radius 1 is 1.32 bits per heavy atom. The third-order valence-electron chi connectivity index (χ3n) is 4.06. The molecule has 1 aliphatic rings. The normalized spacial score (nSPS) is 20.1. The molecule has 0 N–H and O–H groups in total. The van der Waals surface area contributed by atoms with Crippen LogP contribution in [0.3, 0.4) is 0 Å². The van der Waals surface area contributed by atoms with Crippen LogP contribution in [0.15, 0.2) is 40.7 Å². The zero-order valence-electron chi connectivity index (χ0n) is 12.6. The van der Waals surface area contributed by atoms with E-state index in [0.29, 0.717) is 10.8 Å². The Balaban J connectivity index is 1.65. The minimum atomic E-state index is -3.11. The van der Waals surface area contributed by atoms with Gasteiger partial charge in [0.15, 0.2) is 9.84 Å². The first-order valence-electron chi connectivity index (χ1n) is 7.43. The van der Waals surface area contributed by atoms with Gasteiger partial charge in [0.1, 0.15) is 0 Å². The van der Waals surface area contributed by atoms with Gasteiger partial charge in [-0.25, -0.2) is 13.4 Å². The molecule has 0 spiro atoms. The number of nitrogens with zero attached hydrogens (tertiary/aromatic N) is 2. The molecule has 6 heteroatoms. The largest absolute Gasteiger partial charge is 0.298 e. The van der Waals surface area contributed by atoms with Crippen molar-refractivity contribution in [2.24, 2.45) is 0 Å².